The normalized spacial score (nSPS) is 15.5. The summed E-state index contributed by atoms with van der Waals surface area (Å²) in [5, 5.41) is 3.44. The lowest BCUT2D eigenvalue weighted by molar-refractivity contribution is -0.132. The van der Waals surface area contributed by atoms with Gasteiger partial charge in [-0.05, 0) is 23.1 Å². The molecule has 1 aliphatic heterocycles. The van der Waals surface area contributed by atoms with Gasteiger partial charge in [0.05, 0.1) is 19.6 Å². The second kappa shape index (κ2) is 10.1. The van der Waals surface area contributed by atoms with Gasteiger partial charge in [0.2, 0.25) is 5.91 Å². The zero-order chi connectivity index (χ0) is 19.9. The number of amides is 1. The third kappa shape index (κ3) is 7.89. The average molecular weight is 376 g/mol. The third-order valence-electron chi connectivity index (χ3n) is 4.64. The molecule has 152 valence electrons. The summed E-state index contributed by atoms with van der Waals surface area (Å²) in [6.07, 6.45) is 0.480. The van der Waals surface area contributed by atoms with Crippen LogP contribution in [0.1, 0.15) is 46.6 Å². The van der Waals surface area contributed by atoms with Crippen LogP contribution < -0.4 is 10.2 Å². The third-order valence-corrected chi connectivity index (χ3v) is 4.64. The highest BCUT2D eigenvalue weighted by Gasteiger charge is 2.21. The van der Waals surface area contributed by atoms with Crippen molar-refractivity contribution >= 4 is 11.6 Å². The summed E-state index contributed by atoms with van der Waals surface area (Å²) in [7, 11) is 0. The molecule has 1 aliphatic rings. The fourth-order valence-electron chi connectivity index (χ4n) is 3.06. The van der Waals surface area contributed by atoms with Crippen LogP contribution in [0.2, 0.25) is 0 Å². The Labute approximate surface area is 165 Å². The Kier molecular flexibility index (Phi) is 8.11. The van der Waals surface area contributed by atoms with Crippen molar-refractivity contribution in [3.05, 3.63) is 29.8 Å². The molecule has 2 rings (SSSR count). The molecule has 27 heavy (non-hydrogen) atoms. The summed E-state index contributed by atoms with van der Waals surface area (Å²) in [6, 6.07) is 9.25. The summed E-state index contributed by atoms with van der Waals surface area (Å²) >= 11 is 0. The van der Waals surface area contributed by atoms with Crippen molar-refractivity contribution in [2.24, 2.45) is 5.41 Å². The van der Waals surface area contributed by atoms with Crippen LogP contribution in [-0.4, -0.2) is 56.2 Å². The molecule has 5 heteroatoms. The number of hydrogen-bond donors (Lipinski definition) is 1. The van der Waals surface area contributed by atoms with Crippen molar-refractivity contribution in [2.75, 3.05) is 44.3 Å². The van der Waals surface area contributed by atoms with Gasteiger partial charge >= 0.3 is 0 Å². The van der Waals surface area contributed by atoms with Gasteiger partial charge in [-0.25, -0.2) is 0 Å². The zero-order valence-corrected chi connectivity index (χ0v) is 17.8. The average Bonchev–Trinajstić information content (AvgIpc) is 2.63. The number of carbonyl (C=O) groups is 1. The SMILES string of the molecule is CC(C)NCc1ccc(N2CCN(C(=O)CCOCC(C)(C)C)CC2)cc1. The van der Waals surface area contributed by atoms with E-state index in [1.165, 1.54) is 11.3 Å². The zero-order valence-electron chi connectivity index (χ0n) is 17.8. The minimum Gasteiger partial charge on any atom is -0.380 e. The molecule has 1 heterocycles. The van der Waals surface area contributed by atoms with Crippen molar-refractivity contribution in [3.63, 3.8) is 0 Å². The Bertz CT molecular complexity index is 570. The van der Waals surface area contributed by atoms with Gasteiger partial charge in [-0.15, -0.1) is 0 Å². The molecule has 1 fully saturated rings. The van der Waals surface area contributed by atoms with Gasteiger partial charge in [-0.1, -0.05) is 46.8 Å². The number of anilines is 1. The van der Waals surface area contributed by atoms with Crippen LogP contribution in [0.3, 0.4) is 0 Å². The number of rotatable bonds is 8. The van der Waals surface area contributed by atoms with Gasteiger partial charge in [0.1, 0.15) is 0 Å². The molecule has 0 radical (unpaired) electrons. The number of piperazine rings is 1. The lowest BCUT2D eigenvalue weighted by Crippen LogP contribution is -2.49. The highest BCUT2D eigenvalue weighted by Crippen LogP contribution is 2.18. The molecule has 1 saturated heterocycles. The molecule has 0 aliphatic carbocycles. The van der Waals surface area contributed by atoms with E-state index in [1.807, 2.05) is 4.90 Å². The molecule has 0 aromatic heterocycles. The lowest BCUT2D eigenvalue weighted by Gasteiger charge is -2.36. The fraction of sp³-hybridized carbons (Fsp3) is 0.682. The van der Waals surface area contributed by atoms with Crippen molar-refractivity contribution < 1.29 is 9.53 Å². The summed E-state index contributed by atoms with van der Waals surface area (Å²) < 4.78 is 5.63. The molecule has 0 atom stereocenters. The Hall–Kier alpha value is -1.59. The van der Waals surface area contributed by atoms with Crippen molar-refractivity contribution in [3.8, 4) is 0 Å². The van der Waals surface area contributed by atoms with Gasteiger partial charge < -0.3 is 19.9 Å². The Morgan fingerprint density at radius 3 is 2.30 bits per heavy atom. The van der Waals surface area contributed by atoms with Gasteiger partial charge in [0.25, 0.3) is 0 Å². The summed E-state index contributed by atoms with van der Waals surface area (Å²) in [5.41, 5.74) is 2.69. The molecule has 1 aromatic rings. The van der Waals surface area contributed by atoms with E-state index < -0.39 is 0 Å². The second-order valence-corrected chi connectivity index (χ2v) is 8.93. The Balaban J connectivity index is 1.72. The highest BCUT2D eigenvalue weighted by molar-refractivity contribution is 5.76. The first-order valence-corrected chi connectivity index (χ1v) is 10.2. The first kappa shape index (κ1) is 21.7. The Morgan fingerprint density at radius 2 is 1.74 bits per heavy atom. The quantitative estimate of drug-likeness (QED) is 0.708. The van der Waals surface area contributed by atoms with Crippen LogP contribution in [0, 0.1) is 5.41 Å². The van der Waals surface area contributed by atoms with E-state index in [-0.39, 0.29) is 11.3 Å². The van der Waals surface area contributed by atoms with Gasteiger partial charge in [-0.2, -0.15) is 0 Å². The van der Waals surface area contributed by atoms with Crippen molar-refractivity contribution in [1.82, 2.24) is 10.2 Å². The van der Waals surface area contributed by atoms with Crippen LogP contribution >= 0.6 is 0 Å². The highest BCUT2D eigenvalue weighted by atomic mass is 16.5. The van der Waals surface area contributed by atoms with E-state index in [2.05, 4.69) is 69.1 Å². The molecule has 0 unspecified atom stereocenters. The molecular formula is C22H37N3O2. The smallest absolute Gasteiger partial charge is 0.225 e. The van der Waals surface area contributed by atoms with E-state index in [4.69, 9.17) is 4.74 Å². The maximum Gasteiger partial charge on any atom is 0.225 e. The number of nitrogens with one attached hydrogen (secondary N) is 1. The minimum absolute atomic E-state index is 0.148. The number of hydrogen-bond acceptors (Lipinski definition) is 4. The maximum absolute atomic E-state index is 12.4. The monoisotopic (exact) mass is 375 g/mol. The van der Waals surface area contributed by atoms with E-state index in [9.17, 15) is 4.79 Å². The molecule has 0 spiro atoms. The van der Waals surface area contributed by atoms with Crippen LogP contribution in [0.5, 0.6) is 0 Å². The number of nitrogens with zero attached hydrogens (tertiary/aromatic N) is 2. The topological polar surface area (TPSA) is 44.8 Å². The number of benzene rings is 1. The number of carbonyl (C=O) groups excluding carboxylic acids is 1. The molecule has 1 N–H and O–H groups in total. The lowest BCUT2D eigenvalue weighted by atomic mass is 9.99. The molecule has 5 nitrogen and oxygen atoms in total. The summed E-state index contributed by atoms with van der Waals surface area (Å²) in [5.74, 6) is 0.207. The first-order valence-electron chi connectivity index (χ1n) is 10.2. The van der Waals surface area contributed by atoms with Crippen LogP contribution in [0.4, 0.5) is 5.69 Å². The first-order chi connectivity index (χ1) is 12.7. The van der Waals surface area contributed by atoms with Gasteiger partial charge in [0.15, 0.2) is 0 Å². The van der Waals surface area contributed by atoms with Crippen molar-refractivity contribution in [1.29, 1.82) is 0 Å². The number of ether oxygens (including phenoxy) is 1. The second-order valence-electron chi connectivity index (χ2n) is 8.93. The van der Waals surface area contributed by atoms with E-state index in [1.54, 1.807) is 0 Å². The molecular weight excluding hydrogens is 338 g/mol. The molecule has 1 amide bonds. The van der Waals surface area contributed by atoms with Gasteiger partial charge in [0, 0.05) is 44.5 Å². The van der Waals surface area contributed by atoms with E-state index in [0.29, 0.717) is 25.7 Å². The van der Waals surface area contributed by atoms with E-state index >= 15 is 0 Å². The van der Waals surface area contributed by atoms with Crippen LogP contribution in [0.25, 0.3) is 0 Å². The van der Waals surface area contributed by atoms with Gasteiger partial charge in [-0.3, -0.25) is 4.79 Å². The predicted molar refractivity (Wildman–Crippen MR) is 112 cm³/mol. The standard InChI is InChI=1S/C22H37N3O2/c1-18(2)23-16-19-6-8-20(9-7-19)24-11-13-25(14-12-24)21(26)10-15-27-17-22(3,4)5/h6-9,18,23H,10-17H2,1-5H3. The van der Waals surface area contributed by atoms with Crippen LogP contribution in [0.15, 0.2) is 24.3 Å². The summed E-state index contributed by atoms with van der Waals surface area (Å²) in [6.45, 7) is 16.2. The van der Waals surface area contributed by atoms with Crippen molar-refractivity contribution in [2.45, 2.75) is 53.6 Å². The minimum atomic E-state index is 0.148. The Morgan fingerprint density at radius 1 is 1.11 bits per heavy atom. The fourth-order valence-corrected chi connectivity index (χ4v) is 3.06. The molecule has 0 saturated carbocycles. The largest absolute Gasteiger partial charge is 0.380 e. The predicted octanol–water partition coefficient (Wildman–Crippen LogP) is 3.29. The van der Waals surface area contributed by atoms with Crippen LogP contribution in [-0.2, 0) is 16.1 Å². The molecule has 1 aromatic carbocycles. The van der Waals surface area contributed by atoms with E-state index in [0.717, 1.165) is 32.7 Å². The summed E-state index contributed by atoms with van der Waals surface area (Å²) in [4.78, 5) is 16.7. The molecule has 0 bridgehead atoms. The maximum atomic E-state index is 12.4.